The Hall–Kier alpha value is -1.35. The molecule has 0 bridgehead atoms. The molecule has 0 saturated carbocycles. The first-order chi connectivity index (χ1) is 9.92. The van der Waals surface area contributed by atoms with Crippen LogP contribution in [0.4, 0.5) is 0 Å². The summed E-state index contributed by atoms with van der Waals surface area (Å²) in [7, 11) is -1.82. The molecule has 1 atom stereocenters. The number of pyridine rings is 1. The van der Waals surface area contributed by atoms with Gasteiger partial charge in [0, 0.05) is 23.8 Å². The van der Waals surface area contributed by atoms with Crippen LogP contribution in [0.1, 0.15) is 29.2 Å². The zero-order valence-corrected chi connectivity index (χ0v) is 13.8. The van der Waals surface area contributed by atoms with Gasteiger partial charge in [-0.15, -0.1) is 11.3 Å². The molecule has 2 N–H and O–H groups in total. The van der Waals surface area contributed by atoms with Crippen molar-refractivity contribution in [2.24, 2.45) is 0 Å². The molecule has 8 heteroatoms. The molecule has 0 saturated heterocycles. The predicted octanol–water partition coefficient (Wildman–Crippen LogP) is 1.61. The summed E-state index contributed by atoms with van der Waals surface area (Å²) in [6, 6.07) is 2.87. The van der Waals surface area contributed by atoms with Crippen LogP contribution in [0.5, 0.6) is 0 Å². The smallest absolute Gasteiger partial charge is 0.258 e. The minimum absolute atomic E-state index is 0.0162. The Kier molecular flexibility index (Phi) is 5.04. The van der Waals surface area contributed by atoms with E-state index in [2.05, 4.69) is 20.0 Å². The number of aromatic nitrogens is 2. The fraction of sp³-hybridized carbons (Fsp3) is 0.385. The summed E-state index contributed by atoms with van der Waals surface area (Å²) in [6.07, 6.45) is 1.56. The average molecular weight is 326 g/mol. The maximum atomic E-state index is 12.3. The van der Waals surface area contributed by atoms with E-state index in [0.29, 0.717) is 6.54 Å². The van der Waals surface area contributed by atoms with Gasteiger partial charge >= 0.3 is 0 Å². The first kappa shape index (κ1) is 16.0. The number of hydrogen-bond acceptors (Lipinski definition) is 6. The van der Waals surface area contributed by atoms with Crippen LogP contribution in [0.3, 0.4) is 0 Å². The lowest BCUT2D eigenvalue weighted by atomic mass is 10.3. The molecule has 2 aromatic rings. The van der Waals surface area contributed by atoms with Crippen molar-refractivity contribution in [2.45, 2.75) is 31.5 Å². The highest BCUT2D eigenvalue weighted by Crippen LogP contribution is 2.19. The van der Waals surface area contributed by atoms with Crippen LogP contribution < -0.4 is 10.0 Å². The van der Waals surface area contributed by atoms with Crippen LogP contribution in [0.15, 0.2) is 28.7 Å². The molecule has 0 spiro atoms. The lowest BCUT2D eigenvalue weighted by Gasteiger charge is -2.11. The Bertz CT molecular complexity index is 695. The summed E-state index contributed by atoms with van der Waals surface area (Å²) in [5.41, 5.74) is 1.82. The molecule has 2 rings (SSSR count). The van der Waals surface area contributed by atoms with Crippen LogP contribution in [0, 0.1) is 6.92 Å². The van der Waals surface area contributed by atoms with E-state index in [1.54, 1.807) is 19.2 Å². The van der Waals surface area contributed by atoms with Crippen molar-refractivity contribution in [3.05, 3.63) is 40.0 Å². The van der Waals surface area contributed by atoms with Crippen molar-refractivity contribution in [1.29, 1.82) is 0 Å². The second kappa shape index (κ2) is 6.61. The summed E-state index contributed by atoms with van der Waals surface area (Å²) >= 11 is 1.44. The maximum absolute atomic E-state index is 12.3. The number of thiazole rings is 1. The highest BCUT2D eigenvalue weighted by atomic mass is 32.2. The minimum Gasteiger partial charge on any atom is -0.316 e. The third-order valence-electron chi connectivity index (χ3n) is 2.79. The van der Waals surface area contributed by atoms with E-state index in [1.807, 2.05) is 19.4 Å². The SMILES string of the molecule is CNCc1ccc(S(=O)(=O)NC(C)c2nc(C)cs2)nc1. The topological polar surface area (TPSA) is 84.0 Å². The van der Waals surface area contributed by atoms with Crippen molar-refractivity contribution in [2.75, 3.05) is 7.05 Å². The van der Waals surface area contributed by atoms with Gasteiger partial charge in [0.1, 0.15) is 5.01 Å². The summed E-state index contributed by atoms with van der Waals surface area (Å²) in [4.78, 5) is 8.30. The Morgan fingerprint density at radius 1 is 1.38 bits per heavy atom. The molecule has 2 aromatic heterocycles. The number of hydrogen-bond donors (Lipinski definition) is 2. The quantitative estimate of drug-likeness (QED) is 0.842. The predicted molar refractivity (Wildman–Crippen MR) is 82.6 cm³/mol. The van der Waals surface area contributed by atoms with Gasteiger partial charge in [-0.1, -0.05) is 6.07 Å². The molecule has 0 aliphatic heterocycles. The lowest BCUT2D eigenvalue weighted by Crippen LogP contribution is -2.27. The fourth-order valence-corrected chi connectivity index (χ4v) is 3.81. The van der Waals surface area contributed by atoms with E-state index in [-0.39, 0.29) is 11.1 Å². The van der Waals surface area contributed by atoms with Crippen molar-refractivity contribution in [1.82, 2.24) is 20.0 Å². The summed E-state index contributed by atoms with van der Waals surface area (Å²) in [6.45, 7) is 4.30. The standard InChI is InChI=1S/C13H18N4O2S2/c1-9-8-20-13(16-9)10(2)17-21(18,19)12-5-4-11(6-14-3)7-15-12/h4-5,7-8,10,14,17H,6H2,1-3H3. The molecule has 0 aliphatic rings. The van der Waals surface area contributed by atoms with Gasteiger partial charge < -0.3 is 5.32 Å². The molecule has 114 valence electrons. The van der Waals surface area contributed by atoms with E-state index in [0.717, 1.165) is 16.3 Å². The third-order valence-corrected chi connectivity index (χ3v) is 5.39. The van der Waals surface area contributed by atoms with Gasteiger partial charge in [0.05, 0.1) is 6.04 Å². The number of rotatable bonds is 6. The van der Waals surface area contributed by atoms with E-state index < -0.39 is 10.0 Å². The molecule has 0 radical (unpaired) electrons. The molecule has 0 fully saturated rings. The van der Waals surface area contributed by atoms with Crippen LogP contribution in [0.25, 0.3) is 0 Å². The summed E-state index contributed by atoms with van der Waals surface area (Å²) in [5, 5.41) is 5.63. The number of sulfonamides is 1. The van der Waals surface area contributed by atoms with Crippen molar-refractivity contribution in [3.63, 3.8) is 0 Å². The average Bonchev–Trinajstić information content (AvgIpc) is 2.86. The Balaban J connectivity index is 2.14. The molecule has 1 unspecified atom stereocenters. The molecular weight excluding hydrogens is 308 g/mol. The zero-order valence-electron chi connectivity index (χ0n) is 12.1. The van der Waals surface area contributed by atoms with Crippen LogP contribution in [-0.2, 0) is 16.6 Å². The van der Waals surface area contributed by atoms with Crippen molar-refractivity contribution in [3.8, 4) is 0 Å². The third kappa shape index (κ3) is 4.07. The highest BCUT2D eigenvalue weighted by Gasteiger charge is 2.21. The molecule has 21 heavy (non-hydrogen) atoms. The first-order valence-corrected chi connectivity index (χ1v) is 8.82. The largest absolute Gasteiger partial charge is 0.316 e. The Morgan fingerprint density at radius 2 is 2.14 bits per heavy atom. The number of aryl methyl sites for hydroxylation is 1. The van der Waals surface area contributed by atoms with E-state index in [9.17, 15) is 8.42 Å². The van der Waals surface area contributed by atoms with Crippen molar-refractivity contribution < 1.29 is 8.42 Å². The second-order valence-electron chi connectivity index (χ2n) is 4.71. The molecule has 0 aliphatic carbocycles. The fourth-order valence-electron chi connectivity index (χ4n) is 1.79. The van der Waals surface area contributed by atoms with Gasteiger partial charge in [-0.25, -0.2) is 23.1 Å². The van der Waals surface area contributed by atoms with Gasteiger partial charge in [-0.05, 0) is 32.5 Å². The van der Waals surface area contributed by atoms with E-state index in [1.165, 1.54) is 17.4 Å². The van der Waals surface area contributed by atoms with Crippen LogP contribution in [-0.4, -0.2) is 25.4 Å². The lowest BCUT2D eigenvalue weighted by molar-refractivity contribution is 0.562. The van der Waals surface area contributed by atoms with E-state index in [4.69, 9.17) is 0 Å². The molecule has 6 nitrogen and oxygen atoms in total. The zero-order chi connectivity index (χ0) is 15.5. The first-order valence-electron chi connectivity index (χ1n) is 6.46. The second-order valence-corrected chi connectivity index (χ2v) is 7.26. The number of nitrogens with one attached hydrogen (secondary N) is 2. The van der Waals surface area contributed by atoms with Crippen LogP contribution in [0.2, 0.25) is 0 Å². The monoisotopic (exact) mass is 326 g/mol. The highest BCUT2D eigenvalue weighted by molar-refractivity contribution is 7.89. The van der Waals surface area contributed by atoms with Gasteiger partial charge in [-0.3, -0.25) is 0 Å². The van der Waals surface area contributed by atoms with Crippen LogP contribution >= 0.6 is 11.3 Å². The summed E-state index contributed by atoms with van der Waals surface area (Å²) < 4.78 is 27.2. The van der Waals surface area contributed by atoms with E-state index >= 15 is 0 Å². The Morgan fingerprint density at radius 3 is 2.67 bits per heavy atom. The minimum atomic E-state index is -3.64. The van der Waals surface area contributed by atoms with Gasteiger partial charge in [0.2, 0.25) is 0 Å². The van der Waals surface area contributed by atoms with Gasteiger partial charge in [0.25, 0.3) is 10.0 Å². The molecule has 2 heterocycles. The maximum Gasteiger partial charge on any atom is 0.258 e. The van der Waals surface area contributed by atoms with Gasteiger partial charge in [0.15, 0.2) is 5.03 Å². The van der Waals surface area contributed by atoms with Gasteiger partial charge in [-0.2, -0.15) is 0 Å². The van der Waals surface area contributed by atoms with Crippen molar-refractivity contribution >= 4 is 21.4 Å². The molecule has 0 amide bonds. The Labute approximate surface area is 128 Å². The molecular formula is C13H18N4O2S2. The number of nitrogens with zero attached hydrogens (tertiary/aromatic N) is 2. The normalized spacial score (nSPS) is 13.3. The summed E-state index contributed by atoms with van der Waals surface area (Å²) in [5.74, 6) is 0. The molecule has 0 aromatic carbocycles.